The van der Waals surface area contributed by atoms with Crippen molar-refractivity contribution < 1.29 is 13.5 Å². The number of halogens is 2. The van der Waals surface area contributed by atoms with E-state index >= 15 is 0 Å². The number of nitrogens with zero attached hydrogens (tertiary/aromatic N) is 3. The molecule has 2 aromatic rings. The van der Waals surface area contributed by atoms with Gasteiger partial charge in [-0.3, -0.25) is 4.90 Å². The van der Waals surface area contributed by atoms with Crippen LogP contribution in [0, 0.1) is 6.92 Å². The van der Waals surface area contributed by atoms with E-state index in [4.69, 9.17) is 0 Å². The van der Waals surface area contributed by atoms with E-state index in [1.54, 1.807) is 23.5 Å². The van der Waals surface area contributed by atoms with Crippen LogP contribution in [0.1, 0.15) is 17.7 Å². The molecule has 0 amide bonds. The number of hydrogen-bond donors (Lipinski definition) is 0. The van der Waals surface area contributed by atoms with Gasteiger partial charge in [-0.1, -0.05) is 18.2 Å². The first-order valence-corrected chi connectivity index (χ1v) is 8.92. The van der Waals surface area contributed by atoms with Crippen molar-refractivity contribution in [2.75, 3.05) is 31.1 Å². The Hall–Kier alpha value is -1.73. The van der Waals surface area contributed by atoms with Gasteiger partial charge in [0.15, 0.2) is 5.13 Å². The number of alkyl halides is 2. The molecule has 1 fully saturated rings. The molecular weight excluding hydrogens is 332 g/mol. The van der Waals surface area contributed by atoms with Crippen molar-refractivity contribution in [1.29, 1.82) is 0 Å². The van der Waals surface area contributed by atoms with E-state index in [1.807, 2.05) is 19.1 Å². The predicted molar refractivity (Wildman–Crippen MR) is 92.0 cm³/mol. The molecule has 0 atom stereocenters. The highest BCUT2D eigenvalue weighted by atomic mass is 32.1. The van der Waals surface area contributed by atoms with Crippen molar-refractivity contribution in [3.63, 3.8) is 0 Å². The normalized spacial score (nSPS) is 16.4. The third-order valence-electron chi connectivity index (χ3n) is 4.05. The minimum absolute atomic E-state index is 0.268. The van der Waals surface area contributed by atoms with Gasteiger partial charge < -0.3 is 9.64 Å². The van der Waals surface area contributed by atoms with Crippen molar-refractivity contribution >= 4 is 16.5 Å². The van der Waals surface area contributed by atoms with E-state index in [0.717, 1.165) is 49.0 Å². The predicted octanol–water partition coefficient (Wildman–Crippen LogP) is 3.77. The Morgan fingerprint density at radius 2 is 2.04 bits per heavy atom. The lowest BCUT2D eigenvalue weighted by atomic mass is 10.2. The minimum atomic E-state index is -2.79. The number of benzene rings is 1. The van der Waals surface area contributed by atoms with Crippen LogP contribution in [0.4, 0.5) is 13.9 Å². The molecule has 0 radical (unpaired) electrons. The second kappa shape index (κ2) is 7.90. The average Bonchev–Trinajstić information content (AvgIpc) is 2.84. The van der Waals surface area contributed by atoms with Crippen LogP contribution in [0.5, 0.6) is 5.75 Å². The molecule has 0 bridgehead atoms. The van der Waals surface area contributed by atoms with Gasteiger partial charge in [0.2, 0.25) is 0 Å². The first-order valence-electron chi connectivity index (χ1n) is 8.04. The monoisotopic (exact) mass is 353 g/mol. The summed E-state index contributed by atoms with van der Waals surface area (Å²) in [5.74, 6) is 0.268. The van der Waals surface area contributed by atoms with Crippen LogP contribution < -0.4 is 9.64 Å². The van der Waals surface area contributed by atoms with Gasteiger partial charge in [0.05, 0.1) is 5.69 Å². The fourth-order valence-electron chi connectivity index (χ4n) is 2.89. The van der Waals surface area contributed by atoms with Gasteiger partial charge in [-0.05, 0) is 19.4 Å². The molecule has 1 saturated heterocycles. The van der Waals surface area contributed by atoms with Crippen molar-refractivity contribution in [3.05, 3.63) is 40.9 Å². The van der Waals surface area contributed by atoms with Gasteiger partial charge in [-0.2, -0.15) is 8.78 Å². The summed E-state index contributed by atoms with van der Waals surface area (Å²) >= 11 is 1.67. The van der Waals surface area contributed by atoms with Crippen LogP contribution in [-0.2, 0) is 6.54 Å². The van der Waals surface area contributed by atoms with Gasteiger partial charge in [0.1, 0.15) is 5.75 Å². The van der Waals surface area contributed by atoms with Crippen LogP contribution in [0.15, 0.2) is 29.6 Å². The Labute approximate surface area is 144 Å². The molecular formula is C17H21F2N3OS. The largest absolute Gasteiger partial charge is 0.434 e. The molecule has 7 heteroatoms. The second-order valence-corrected chi connectivity index (χ2v) is 6.71. The zero-order valence-corrected chi connectivity index (χ0v) is 14.4. The average molecular weight is 353 g/mol. The second-order valence-electron chi connectivity index (χ2n) is 5.87. The van der Waals surface area contributed by atoms with Crippen LogP contribution in [0.2, 0.25) is 0 Å². The van der Waals surface area contributed by atoms with Crippen LogP contribution in [-0.4, -0.2) is 42.7 Å². The van der Waals surface area contributed by atoms with Gasteiger partial charge in [-0.15, -0.1) is 11.3 Å². The third kappa shape index (κ3) is 4.42. The Morgan fingerprint density at radius 1 is 1.21 bits per heavy atom. The number of ether oxygens (including phenoxy) is 1. The number of aromatic nitrogens is 1. The summed E-state index contributed by atoms with van der Waals surface area (Å²) in [7, 11) is 0. The molecule has 1 aliphatic rings. The van der Waals surface area contributed by atoms with Gasteiger partial charge in [0.25, 0.3) is 0 Å². The van der Waals surface area contributed by atoms with Gasteiger partial charge in [0, 0.05) is 43.7 Å². The van der Waals surface area contributed by atoms with Crippen LogP contribution in [0.25, 0.3) is 0 Å². The third-order valence-corrected chi connectivity index (χ3v) is 5.07. The van der Waals surface area contributed by atoms with E-state index in [2.05, 4.69) is 24.9 Å². The molecule has 1 aliphatic heterocycles. The molecule has 24 heavy (non-hydrogen) atoms. The van der Waals surface area contributed by atoms with E-state index in [1.165, 1.54) is 0 Å². The number of thiazole rings is 1. The SMILES string of the molecule is Cc1csc(N2CCCN(Cc3ccccc3OC(F)F)CC2)n1. The standard InChI is InChI=1S/C17H21F2N3OS/c1-13-12-24-17(20-13)22-8-4-7-21(9-10-22)11-14-5-2-3-6-15(14)23-16(18)19/h2-3,5-6,12,16H,4,7-11H2,1H3. The van der Waals surface area contributed by atoms with Gasteiger partial charge in [-0.25, -0.2) is 4.98 Å². The maximum absolute atomic E-state index is 12.5. The smallest absolute Gasteiger partial charge is 0.387 e. The molecule has 1 aromatic carbocycles. The van der Waals surface area contributed by atoms with E-state index < -0.39 is 6.61 Å². The molecule has 130 valence electrons. The summed E-state index contributed by atoms with van der Waals surface area (Å²) in [6.45, 7) is 3.51. The Morgan fingerprint density at radius 3 is 2.79 bits per heavy atom. The topological polar surface area (TPSA) is 28.6 Å². The Balaban J connectivity index is 1.63. The highest BCUT2D eigenvalue weighted by Crippen LogP contribution is 2.24. The minimum Gasteiger partial charge on any atom is -0.434 e. The molecule has 0 saturated carbocycles. The summed E-state index contributed by atoms with van der Waals surface area (Å²) in [5.41, 5.74) is 1.85. The van der Waals surface area contributed by atoms with E-state index in [-0.39, 0.29) is 5.75 Å². The lowest BCUT2D eigenvalue weighted by molar-refractivity contribution is -0.0507. The number of para-hydroxylation sites is 1. The maximum atomic E-state index is 12.5. The number of rotatable bonds is 5. The molecule has 1 aromatic heterocycles. The molecule has 0 spiro atoms. The molecule has 2 heterocycles. The summed E-state index contributed by atoms with van der Waals surface area (Å²) < 4.78 is 29.7. The number of aryl methyl sites for hydroxylation is 1. The van der Waals surface area contributed by atoms with Crippen LogP contribution in [0.3, 0.4) is 0 Å². The van der Waals surface area contributed by atoms with Crippen molar-refractivity contribution in [2.45, 2.75) is 26.5 Å². The highest BCUT2D eigenvalue weighted by Gasteiger charge is 2.19. The highest BCUT2D eigenvalue weighted by molar-refractivity contribution is 7.13. The zero-order valence-electron chi connectivity index (χ0n) is 13.6. The quantitative estimate of drug-likeness (QED) is 0.818. The Bertz CT molecular complexity index is 665. The fraction of sp³-hybridized carbons (Fsp3) is 0.471. The first-order chi connectivity index (χ1) is 11.6. The lowest BCUT2D eigenvalue weighted by Crippen LogP contribution is -2.30. The summed E-state index contributed by atoms with van der Waals surface area (Å²) in [6, 6.07) is 7.03. The molecule has 0 aliphatic carbocycles. The molecule has 3 rings (SSSR count). The fourth-order valence-corrected chi connectivity index (χ4v) is 3.75. The first kappa shape index (κ1) is 17.1. The molecule has 0 N–H and O–H groups in total. The van der Waals surface area contributed by atoms with Crippen LogP contribution >= 0.6 is 11.3 Å². The lowest BCUT2D eigenvalue weighted by Gasteiger charge is -2.22. The number of anilines is 1. The summed E-state index contributed by atoms with van der Waals surface area (Å²) in [4.78, 5) is 9.15. The summed E-state index contributed by atoms with van der Waals surface area (Å²) in [5, 5.41) is 3.13. The molecule has 0 unspecified atom stereocenters. The number of hydrogen-bond acceptors (Lipinski definition) is 5. The molecule has 4 nitrogen and oxygen atoms in total. The van der Waals surface area contributed by atoms with E-state index in [9.17, 15) is 8.78 Å². The zero-order chi connectivity index (χ0) is 16.9. The Kier molecular flexibility index (Phi) is 5.63. The van der Waals surface area contributed by atoms with E-state index in [0.29, 0.717) is 6.54 Å². The van der Waals surface area contributed by atoms with Crippen molar-refractivity contribution in [3.8, 4) is 5.75 Å². The van der Waals surface area contributed by atoms with Gasteiger partial charge >= 0.3 is 6.61 Å². The maximum Gasteiger partial charge on any atom is 0.387 e. The summed E-state index contributed by atoms with van der Waals surface area (Å²) in [6.07, 6.45) is 1.02. The van der Waals surface area contributed by atoms with Crippen molar-refractivity contribution in [1.82, 2.24) is 9.88 Å². The van der Waals surface area contributed by atoms with Crippen molar-refractivity contribution in [2.24, 2.45) is 0 Å².